The molecule has 0 spiro atoms. The largest absolute Gasteiger partial charge is 0.544 e. The lowest BCUT2D eigenvalue weighted by Gasteiger charge is -2.42. The molecule has 6 nitrogen and oxygen atoms in total. The highest BCUT2D eigenvalue weighted by Crippen LogP contribution is 2.42. The number of fused-ring (bicyclic) bond motifs is 1. The van der Waals surface area contributed by atoms with Crippen LogP contribution in [0.5, 0.6) is 0 Å². The van der Waals surface area contributed by atoms with Crippen LogP contribution in [0.15, 0.2) is 0 Å². The summed E-state index contributed by atoms with van der Waals surface area (Å²) in [6.07, 6.45) is 4.27. The van der Waals surface area contributed by atoms with E-state index in [4.69, 9.17) is 0 Å². The number of likely N-dealkylation sites (tertiary alicyclic amines) is 1. The van der Waals surface area contributed by atoms with E-state index in [1.54, 1.807) is 6.92 Å². The molecule has 1 saturated heterocycles. The molecule has 0 bridgehead atoms. The van der Waals surface area contributed by atoms with Gasteiger partial charge in [-0.15, -0.1) is 0 Å². The first-order chi connectivity index (χ1) is 11.3. The van der Waals surface area contributed by atoms with Crippen molar-refractivity contribution in [1.29, 1.82) is 0 Å². The van der Waals surface area contributed by atoms with Gasteiger partial charge in [0.1, 0.15) is 6.04 Å². The summed E-state index contributed by atoms with van der Waals surface area (Å²) in [5, 5.41) is 42.1. The van der Waals surface area contributed by atoms with E-state index in [0.717, 1.165) is 37.0 Å². The predicted octanol–water partition coefficient (Wildman–Crippen LogP) is -1.92. The summed E-state index contributed by atoms with van der Waals surface area (Å²) in [6.45, 7) is 3.06. The van der Waals surface area contributed by atoms with E-state index >= 15 is 0 Å². The Morgan fingerprint density at radius 3 is 2.54 bits per heavy atom. The fraction of sp³-hybridized carbons (Fsp3) is 0.944. The number of aliphatic hydroxyl groups is 3. The number of hydrogen-bond acceptors (Lipinski definition) is 5. The quantitative estimate of drug-likeness (QED) is 0.477. The van der Waals surface area contributed by atoms with Crippen molar-refractivity contribution in [1.82, 2.24) is 0 Å². The van der Waals surface area contributed by atoms with Gasteiger partial charge >= 0.3 is 0 Å². The third kappa shape index (κ3) is 3.62. The third-order valence-electron chi connectivity index (χ3n) is 6.88. The van der Waals surface area contributed by atoms with Gasteiger partial charge in [-0.3, -0.25) is 0 Å². The van der Waals surface area contributed by atoms with Gasteiger partial charge in [0.15, 0.2) is 0 Å². The predicted molar refractivity (Wildman–Crippen MR) is 84.9 cm³/mol. The van der Waals surface area contributed by atoms with E-state index in [1.807, 2.05) is 0 Å². The molecular formula is C18H31NO5. The highest BCUT2D eigenvalue weighted by atomic mass is 16.4. The second-order valence-electron chi connectivity index (χ2n) is 8.58. The molecule has 2 saturated carbocycles. The standard InChI is InChI=1S/C18H31NO5/c1-18(24)9-16(21)13-6-7-19(10-14(13)18)15(17(22)23)8-11-2-4-12(20)5-3-11/h11-16,20-21,24H,2-10H2,1H3,(H,22,23). The summed E-state index contributed by atoms with van der Waals surface area (Å²) in [4.78, 5) is 12.7. The summed E-state index contributed by atoms with van der Waals surface area (Å²) < 4.78 is 0. The maximum Gasteiger partial charge on any atom is 0.128 e. The molecule has 1 aliphatic heterocycles. The van der Waals surface area contributed by atoms with Crippen molar-refractivity contribution in [2.45, 2.75) is 75.7 Å². The molecule has 4 N–H and O–H groups in total. The Hall–Kier alpha value is -0.690. The molecule has 1 heterocycles. The van der Waals surface area contributed by atoms with Gasteiger partial charge in [-0.1, -0.05) is 0 Å². The molecule has 2 aliphatic carbocycles. The van der Waals surface area contributed by atoms with Crippen LogP contribution in [0.3, 0.4) is 0 Å². The fourth-order valence-corrected chi connectivity index (χ4v) is 5.42. The van der Waals surface area contributed by atoms with Crippen LogP contribution in [0.25, 0.3) is 0 Å². The summed E-state index contributed by atoms with van der Waals surface area (Å²) in [7, 11) is 0. The number of carbonyl (C=O) groups excluding carboxylic acids is 1. The lowest BCUT2D eigenvalue weighted by molar-refractivity contribution is -0.929. The highest BCUT2D eigenvalue weighted by Gasteiger charge is 2.54. The normalized spacial score (nSPS) is 47.2. The SMILES string of the molecule is CC1(O)CC(O)C2CC[NH+](C(CC3CCC(O)CC3)C(=O)[O-])CC21. The number of hydrogen-bond donors (Lipinski definition) is 4. The molecule has 6 heteroatoms. The number of carboxylic acid groups (broad SMARTS) is 1. The van der Waals surface area contributed by atoms with Gasteiger partial charge in [0.2, 0.25) is 0 Å². The minimum Gasteiger partial charge on any atom is -0.544 e. The van der Waals surface area contributed by atoms with Gasteiger partial charge < -0.3 is 30.1 Å². The van der Waals surface area contributed by atoms with Crippen LogP contribution in [0.2, 0.25) is 0 Å². The van der Waals surface area contributed by atoms with Crippen molar-refractivity contribution in [3.63, 3.8) is 0 Å². The molecule has 138 valence electrons. The molecule has 0 aromatic rings. The van der Waals surface area contributed by atoms with Gasteiger partial charge in [-0.05, 0) is 38.5 Å². The Bertz CT molecular complexity index is 460. The van der Waals surface area contributed by atoms with Crippen LogP contribution in [0.4, 0.5) is 0 Å². The second kappa shape index (κ2) is 6.90. The first-order valence-electron chi connectivity index (χ1n) is 9.42. The van der Waals surface area contributed by atoms with Gasteiger partial charge in [0, 0.05) is 31.1 Å². The molecule has 3 fully saturated rings. The number of aliphatic carboxylic acids is 1. The van der Waals surface area contributed by atoms with E-state index in [2.05, 4.69) is 0 Å². The Morgan fingerprint density at radius 1 is 1.25 bits per heavy atom. The van der Waals surface area contributed by atoms with Crippen molar-refractivity contribution in [2.24, 2.45) is 17.8 Å². The van der Waals surface area contributed by atoms with Crippen LogP contribution < -0.4 is 10.0 Å². The molecular weight excluding hydrogens is 310 g/mol. The highest BCUT2D eigenvalue weighted by molar-refractivity contribution is 5.69. The molecule has 6 unspecified atom stereocenters. The van der Waals surface area contributed by atoms with Crippen molar-refractivity contribution in [3.8, 4) is 0 Å². The van der Waals surface area contributed by atoms with E-state index in [-0.39, 0.29) is 17.9 Å². The van der Waals surface area contributed by atoms with Gasteiger partial charge in [-0.25, -0.2) is 0 Å². The van der Waals surface area contributed by atoms with Gasteiger partial charge in [0.05, 0.1) is 36.9 Å². The van der Waals surface area contributed by atoms with Gasteiger partial charge in [0.25, 0.3) is 0 Å². The first kappa shape index (κ1) is 18.1. The summed E-state index contributed by atoms with van der Waals surface area (Å²) in [6, 6.07) is -0.556. The number of rotatable bonds is 4. The molecule has 0 aromatic carbocycles. The number of nitrogens with one attached hydrogen (secondary N) is 1. The number of quaternary nitrogens is 1. The number of carbonyl (C=O) groups is 1. The van der Waals surface area contributed by atoms with Crippen molar-refractivity contribution < 1.29 is 30.1 Å². The van der Waals surface area contributed by atoms with E-state index in [0.29, 0.717) is 31.8 Å². The lowest BCUT2D eigenvalue weighted by atomic mass is 9.79. The number of carboxylic acids is 1. The zero-order valence-corrected chi connectivity index (χ0v) is 14.5. The summed E-state index contributed by atoms with van der Waals surface area (Å²) >= 11 is 0. The molecule has 3 rings (SSSR count). The van der Waals surface area contributed by atoms with E-state index in [9.17, 15) is 25.2 Å². The molecule has 6 atom stereocenters. The Kier molecular flexibility index (Phi) is 5.21. The molecule has 0 amide bonds. The van der Waals surface area contributed by atoms with Gasteiger partial charge in [-0.2, -0.15) is 0 Å². The Balaban J connectivity index is 1.65. The maximum atomic E-state index is 11.8. The van der Waals surface area contributed by atoms with E-state index in [1.165, 1.54) is 0 Å². The summed E-state index contributed by atoms with van der Waals surface area (Å²) in [5.74, 6) is -0.647. The minimum absolute atomic E-state index is 0.0497. The zero-order valence-electron chi connectivity index (χ0n) is 14.5. The monoisotopic (exact) mass is 341 g/mol. The maximum absolute atomic E-state index is 11.8. The lowest BCUT2D eigenvalue weighted by Crippen LogP contribution is -3.19. The smallest absolute Gasteiger partial charge is 0.128 e. The number of aliphatic hydroxyl groups excluding tert-OH is 2. The topological polar surface area (TPSA) is 105 Å². The average Bonchev–Trinajstić information content (AvgIpc) is 2.75. The van der Waals surface area contributed by atoms with Crippen LogP contribution in [0, 0.1) is 17.8 Å². The van der Waals surface area contributed by atoms with Crippen LogP contribution in [-0.4, -0.2) is 58.2 Å². The Morgan fingerprint density at radius 2 is 1.92 bits per heavy atom. The van der Waals surface area contributed by atoms with Crippen LogP contribution in [-0.2, 0) is 4.79 Å². The summed E-state index contributed by atoms with van der Waals surface area (Å²) in [5.41, 5.74) is -0.915. The van der Waals surface area contributed by atoms with Crippen molar-refractivity contribution >= 4 is 5.97 Å². The second-order valence-corrected chi connectivity index (χ2v) is 8.58. The average molecular weight is 341 g/mol. The Labute approximate surface area is 143 Å². The first-order valence-corrected chi connectivity index (χ1v) is 9.42. The van der Waals surface area contributed by atoms with Crippen molar-refractivity contribution in [3.05, 3.63) is 0 Å². The number of piperidine rings is 1. The molecule has 0 radical (unpaired) electrons. The van der Waals surface area contributed by atoms with Crippen LogP contribution >= 0.6 is 0 Å². The molecule has 0 aromatic heterocycles. The van der Waals surface area contributed by atoms with E-state index < -0.39 is 23.7 Å². The molecule has 24 heavy (non-hydrogen) atoms. The zero-order chi connectivity index (χ0) is 17.5. The third-order valence-corrected chi connectivity index (χ3v) is 6.88. The molecule has 3 aliphatic rings. The van der Waals surface area contributed by atoms with Crippen LogP contribution in [0.1, 0.15) is 51.9 Å². The van der Waals surface area contributed by atoms with Crippen molar-refractivity contribution in [2.75, 3.05) is 13.1 Å². The minimum atomic E-state index is -1.01. The fourth-order valence-electron chi connectivity index (χ4n) is 5.42.